The van der Waals surface area contributed by atoms with E-state index in [0.29, 0.717) is 6.61 Å². The molecule has 21 heavy (non-hydrogen) atoms. The van der Waals surface area contributed by atoms with Crippen molar-refractivity contribution in [3.63, 3.8) is 0 Å². The van der Waals surface area contributed by atoms with Crippen molar-refractivity contribution in [1.82, 2.24) is 10.2 Å². The zero-order chi connectivity index (χ0) is 13.7. The summed E-state index contributed by atoms with van der Waals surface area (Å²) in [5.74, 6) is 1.63. The predicted octanol–water partition coefficient (Wildman–Crippen LogP) is 3.35. The van der Waals surface area contributed by atoms with Crippen LogP contribution < -0.4 is 14.8 Å². The Bertz CT molecular complexity index is 433. The Kier molecular flexibility index (Phi) is 11.1. The zero-order valence-electron chi connectivity index (χ0n) is 11.7. The fraction of sp³-hybridized carbons (Fsp3) is 0.538. The van der Waals surface area contributed by atoms with Gasteiger partial charge in [-0.05, 0) is 44.0 Å². The van der Waals surface area contributed by atoms with Crippen LogP contribution in [0.25, 0.3) is 0 Å². The number of halogens is 4. The zero-order valence-corrected chi connectivity index (χ0v) is 16.5. The van der Waals surface area contributed by atoms with E-state index in [1.165, 1.54) is 0 Å². The molecule has 1 saturated heterocycles. The largest absolute Gasteiger partial charge is 0.496 e. The highest BCUT2D eigenvalue weighted by Gasteiger charge is 2.11. The molecule has 1 aliphatic rings. The van der Waals surface area contributed by atoms with E-state index in [9.17, 15) is 0 Å². The molecule has 0 amide bonds. The van der Waals surface area contributed by atoms with Crippen molar-refractivity contribution in [3.8, 4) is 11.5 Å². The molecule has 1 N–H and O–H groups in total. The van der Waals surface area contributed by atoms with E-state index in [4.69, 9.17) is 9.47 Å². The number of methoxy groups -OCH3 is 1. The van der Waals surface area contributed by atoms with Crippen LogP contribution in [0.15, 0.2) is 21.1 Å². The van der Waals surface area contributed by atoms with Crippen molar-refractivity contribution in [3.05, 3.63) is 21.1 Å². The average Bonchev–Trinajstić information content (AvgIpc) is 2.43. The third-order valence-electron chi connectivity index (χ3n) is 3.08. The summed E-state index contributed by atoms with van der Waals surface area (Å²) >= 11 is 6.96. The van der Waals surface area contributed by atoms with Crippen molar-refractivity contribution >= 4 is 56.7 Å². The first-order valence-electron chi connectivity index (χ1n) is 6.29. The SMILES string of the molecule is COc1cc(Br)c(OCCN2CCNCC2)cc1Br.Cl.Cl. The molecule has 2 rings (SSSR count). The highest BCUT2D eigenvalue weighted by atomic mass is 79.9. The molecule has 0 aromatic heterocycles. The van der Waals surface area contributed by atoms with Crippen LogP contribution in [0.2, 0.25) is 0 Å². The van der Waals surface area contributed by atoms with Gasteiger partial charge in [-0.15, -0.1) is 24.8 Å². The second-order valence-corrected chi connectivity index (χ2v) is 6.07. The Balaban J connectivity index is 0.00000200. The van der Waals surface area contributed by atoms with Gasteiger partial charge >= 0.3 is 0 Å². The molecule has 0 radical (unpaired) electrons. The van der Waals surface area contributed by atoms with Crippen LogP contribution in [0.1, 0.15) is 0 Å². The third kappa shape index (κ3) is 6.50. The van der Waals surface area contributed by atoms with Crippen molar-refractivity contribution in [2.75, 3.05) is 46.4 Å². The van der Waals surface area contributed by atoms with Crippen LogP contribution in [-0.4, -0.2) is 51.3 Å². The van der Waals surface area contributed by atoms with E-state index in [-0.39, 0.29) is 24.8 Å². The number of rotatable bonds is 5. The first-order valence-corrected chi connectivity index (χ1v) is 7.88. The molecule has 0 saturated carbocycles. The maximum Gasteiger partial charge on any atom is 0.134 e. The molecule has 1 heterocycles. The second-order valence-electron chi connectivity index (χ2n) is 4.36. The van der Waals surface area contributed by atoms with E-state index >= 15 is 0 Å². The fourth-order valence-electron chi connectivity index (χ4n) is 2.00. The Labute approximate surface area is 155 Å². The molecule has 0 bridgehead atoms. The maximum atomic E-state index is 5.83. The minimum atomic E-state index is 0. The van der Waals surface area contributed by atoms with Gasteiger partial charge in [0.25, 0.3) is 0 Å². The van der Waals surface area contributed by atoms with Crippen molar-refractivity contribution in [2.24, 2.45) is 0 Å². The number of nitrogens with one attached hydrogen (secondary N) is 1. The first kappa shape index (κ1) is 21.3. The van der Waals surface area contributed by atoms with Gasteiger partial charge < -0.3 is 14.8 Å². The van der Waals surface area contributed by atoms with Gasteiger partial charge in [0.15, 0.2) is 0 Å². The monoisotopic (exact) mass is 464 g/mol. The summed E-state index contributed by atoms with van der Waals surface area (Å²) in [6.07, 6.45) is 0. The summed E-state index contributed by atoms with van der Waals surface area (Å²) in [4.78, 5) is 2.41. The number of piperazine rings is 1. The van der Waals surface area contributed by atoms with Crippen LogP contribution in [0.3, 0.4) is 0 Å². The molecule has 8 heteroatoms. The van der Waals surface area contributed by atoms with Gasteiger partial charge in [-0.2, -0.15) is 0 Å². The van der Waals surface area contributed by atoms with Gasteiger partial charge in [-0.25, -0.2) is 0 Å². The molecule has 1 aromatic rings. The molecule has 122 valence electrons. The smallest absolute Gasteiger partial charge is 0.134 e. The minimum Gasteiger partial charge on any atom is -0.496 e. The molecule has 0 unspecified atom stereocenters. The summed E-state index contributed by atoms with van der Waals surface area (Å²) in [5, 5.41) is 3.34. The van der Waals surface area contributed by atoms with Gasteiger partial charge in [0.05, 0.1) is 16.1 Å². The number of hydrogen-bond donors (Lipinski definition) is 1. The van der Waals surface area contributed by atoms with E-state index in [1.807, 2.05) is 12.1 Å². The second kappa shape index (κ2) is 10.9. The van der Waals surface area contributed by atoms with Gasteiger partial charge in [0.1, 0.15) is 18.1 Å². The number of hydrogen-bond acceptors (Lipinski definition) is 4. The number of nitrogens with zero attached hydrogens (tertiary/aromatic N) is 1. The predicted molar refractivity (Wildman–Crippen MR) is 97.7 cm³/mol. The maximum absolute atomic E-state index is 5.83. The summed E-state index contributed by atoms with van der Waals surface area (Å²) < 4.78 is 12.9. The molecule has 4 nitrogen and oxygen atoms in total. The van der Waals surface area contributed by atoms with Gasteiger partial charge in [-0.1, -0.05) is 0 Å². The third-order valence-corrected chi connectivity index (χ3v) is 4.32. The Hall–Kier alpha value is 0.280. The normalized spacial score (nSPS) is 14.8. The fourth-order valence-corrected chi connectivity index (χ4v) is 2.92. The lowest BCUT2D eigenvalue weighted by Gasteiger charge is -2.27. The number of ether oxygens (including phenoxy) is 2. The minimum absolute atomic E-state index is 0. The van der Waals surface area contributed by atoms with Crippen molar-refractivity contribution < 1.29 is 9.47 Å². The molecular weight excluding hydrogens is 447 g/mol. The highest BCUT2D eigenvalue weighted by molar-refractivity contribution is 9.11. The Morgan fingerprint density at radius 3 is 2.29 bits per heavy atom. The standard InChI is InChI=1S/C13H18Br2N2O2.2ClH/c1-18-12-8-11(15)13(9-10(12)14)19-7-6-17-4-2-16-3-5-17;;/h8-9,16H,2-7H2,1H3;2*1H. The van der Waals surface area contributed by atoms with Crippen molar-refractivity contribution in [2.45, 2.75) is 0 Å². The van der Waals surface area contributed by atoms with Crippen molar-refractivity contribution in [1.29, 1.82) is 0 Å². The van der Waals surface area contributed by atoms with Gasteiger partial charge in [-0.3, -0.25) is 4.90 Å². The number of benzene rings is 1. The Morgan fingerprint density at radius 1 is 1.10 bits per heavy atom. The van der Waals surface area contributed by atoms with Gasteiger partial charge in [0.2, 0.25) is 0 Å². The van der Waals surface area contributed by atoms with E-state index in [1.54, 1.807) is 7.11 Å². The first-order chi connectivity index (χ1) is 9.20. The molecular formula is C13H20Br2Cl2N2O2. The summed E-state index contributed by atoms with van der Waals surface area (Å²) in [5.41, 5.74) is 0. The average molecular weight is 467 g/mol. The molecule has 1 aromatic carbocycles. The van der Waals surface area contributed by atoms with Crippen LogP contribution in [-0.2, 0) is 0 Å². The van der Waals surface area contributed by atoms with Crippen LogP contribution in [0.5, 0.6) is 11.5 Å². The van der Waals surface area contributed by atoms with Gasteiger partial charge in [0, 0.05) is 32.7 Å². The lowest BCUT2D eigenvalue weighted by molar-refractivity contribution is 0.190. The van der Waals surface area contributed by atoms with E-state index in [0.717, 1.165) is 53.2 Å². The van der Waals surface area contributed by atoms with Crippen LogP contribution in [0.4, 0.5) is 0 Å². The van der Waals surface area contributed by atoms with Crippen LogP contribution in [0, 0.1) is 0 Å². The summed E-state index contributed by atoms with van der Waals surface area (Å²) in [6.45, 7) is 5.97. The van der Waals surface area contributed by atoms with E-state index < -0.39 is 0 Å². The quantitative estimate of drug-likeness (QED) is 0.721. The van der Waals surface area contributed by atoms with E-state index in [2.05, 4.69) is 42.1 Å². The summed E-state index contributed by atoms with van der Waals surface area (Å²) in [6, 6.07) is 3.84. The molecule has 0 aliphatic carbocycles. The molecule has 0 spiro atoms. The lowest BCUT2D eigenvalue weighted by atomic mass is 10.3. The molecule has 0 atom stereocenters. The molecule has 1 aliphatic heterocycles. The topological polar surface area (TPSA) is 33.7 Å². The molecule has 1 fully saturated rings. The Morgan fingerprint density at radius 2 is 1.67 bits per heavy atom. The van der Waals surface area contributed by atoms with Crippen LogP contribution >= 0.6 is 56.7 Å². The lowest BCUT2D eigenvalue weighted by Crippen LogP contribution is -2.44. The summed E-state index contributed by atoms with van der Waals surface area (Å²) in [7, 11) is 1.65. The highest BCUT2D eigenvalue weighted by Crippen LogP contribution is 2.35.